The molecule has 1 saturated heterocycles. The first-order valence-corrected chi connectivity index (χ1v) is 8.61. The molecule has 1 aliphatic heterocycles. The second-order valence-corrected chi connectivity index (χ2v) is 6.51. The van der Waals surface area contributed by atoms with Crippen molar-refractivity contribution in [2.75, 3.05) is 13.1 Å². The number of hydrogen-bond acceptors (Lipinski definition) is 3. The van der Waals surface area contributed by atoms with Gasteiger partial charge in [-0.1, -0.05) is 12.1 Å². The van der Waals surface area contributed by atoms with E-state index in [-0.39, 0.29) is 17.8 Å². The van der Waals surface area contributed by atoms with Crippen LogP contribution in [-0.4, -0.2) is 34.8 Å². The van der Waals surface area contributed by atoms with Crippen molar-refractivity contribution in [3.05, 3.63) is 47.0 Å². The summed E-state index contributed by atoms with van der Waals surface area (Å²) in [6.45, 7) is 1.80. The van der Waals surface area contributed by atoms with Gasteiger partial charge in [0.25, 0.3) is 5.91 Å². The van der Waals surface area contributed by atoms with Crippen LogP contribution < -0.4 is 10.6 Å². The first-order chi connectivity index (χ1) is 11.7. The molecule has 1 fully saturated rings. The molecule has 0 spiro atoms. The minimum Gasteiger partial charge on any atom is -0.347 e. The molecule has 4 rings (SSSR count). The Morgan fingerprint density at radius 2 is 2.17 bits per heavy atom. The first-order valence-electron chi connectivity index (χ1n) is 8.61. The number of halogens is 1. The topological polar surface area (TPSA) is 59.0 Å². The Labute approximate surface area is 140 Å². The number of nitrogens with zero attached hydrogens (tertiary/aromatic N) is 2. The maximum absolute atomic E-state index is 14.2. The molecule has 2 aliphatic rings. The lowest BCUT2D eigenvalue weighted by molar-refractivity contribution is 0.0924. The lowest BCUT2D eigenvalue weighted by Crippen LogP contribution is -2.45. The van der Waals surface area contributed by atoms with Crippen LogP contribution in [0, 0.1) is 5.82 Å². The van der Waals surface area contributed by atoms with Crippen LogP contribution in [0.1, 0.15) is 41.0 Å². The molecule has 0 saturated carbocycles. The summed E-state index contributed by atoms with van der Waals surface area (Å²) < 4.78 is 15.8. The number of benzene rings is 1. The molecule has 0 bridgehead atoms. The number of aromatic nitrogens is 2. The van der Waals surface area contributed by atoms with E-state index in [2.05, 4.69) is 15.7 Å². The fourth-order valence-corrected chi connectivity index (χ4v) is 3.67. The van der Waals surface area contributed by atoms with Gasteiger partial charge in [0.1, 0.15) is 11.5 Å². The van der Waals surface area contributed by atoms with Crippen molar-refractivity contribution in [1.82, 2.24) is 20.4 Å². The Bertz CT molecular complexity index is 764. The Morgan fingerprint density at radius 1 is 1.29 bits per heavy atom. The number of hydrogen-bond donors (Lipinski definition) is 2. The lowest BCUT2D eigenvalue weighted by Gasteiger charge is -2.23. The highest BCUT2D eigenvalue weighted by Gasteiger charge is 2.28. The average molecular weight is 328 g/mol. The molecule has 1 amide bonds. The molecule has 1 aromatic heterocycles. The molecule has 2 aromatic rings. The number of piperidine rings is 1. The zero-order valence-corrected chi connectivity index (χ0v) is 13.5. The second-order valence-electron chi connectivity index (χ2n) is 6.51. The Hall–Kier alpha value is -2.21. The van der Waals surface area contributed by atoms with Gasteiger partial charge in [-0.3, -0.25) is 4.79 Å². The summed E-state index contributed by atoms with van der Waals surface area (Å²) in [5.41, 5.74) is 2.80. The monoisotopic (exact) mass is 328 g/mol. The van der Waals surface area contributed by atoms with Crippen LogP contribution in [0.25, 0.3) is 5.69 Å². The molecule has 6 heteroatoms. The smallest absolute Gasteiger partial charge is 0.272 e. The van der Waals surface area contributed by atoms with E-state index >= 15 is 0 Å². The van der Waals surface area contributed by atoms with Crippen molar-refractivity contribution >= 4 is 5.91 Å². The van der Waals surface area contributed by atoms with E-state index in [4.69, 9.17) is 0 Å². The van der Waals surface area contributed by atoms with Gasteiger partial charge in [0.2, 0.25) is 0 Å². The van der Waals surface area contributed by atoms with Crippen molar-refractivity contribution in [2.24, 2.45) is 0 Å². The molecule has 2 N–H and O–H groups in total. The molecule has 2 heterocycles. The number of carbonyl (C=O) groups is 1. The van der Waals surface area contributed by atoms with Crippen molar-refractivity contribution in [2.45, 2.75) is 38.1 Å². The summed E-state index contributed by atoms with van der Waals surface area (Å²) in [6.07, 6.45) is 4.68. The number of carbonyl (C=O) groups excluding carboxylic acids is 1. The van der Waals surface area contributed by atoms with Crippen LogP contribution in [0.5, 0.6) is 0 Å². The van der Waals surface area contributed by atoms with Crippen molar-refractivity contribution in [3.8, 4) is 5.69 Å². The van der Waals surface area contributed by atoms with Gasteiger partial charge in [-0.05, 0) is 50.8 Å². The van der Waals surface area contributed by atoms with Gasteiger partial charge >= 0.3 is 0 Å². The normalized spacial score (nSPS) is 20.0. The van der Waals surface area contributed by atoms with Crippen molar-refractivity contribution < 1.29 is 9.18 Å². The third kappa shape index (κ3) is 2.71. The minimum absolute atomic E-state index is 0.141. The largest absolute Gasteiger partial charge is 0.347 e. The molecule has 1 unspecified atom stereocenters. The number of rotatable bonds is 3. The molecular formula is C18H21FN4O. The summed E-state index contributed by atoms with van der Waals surface area (Å²) in [6, 6.07) is 6.71. The summed E-state index contributed by atoms with van der Waals surface area (Å²) in [5.74, 6) is -0.463. The van der Waals surface area contributed by atoms with E-state index in [1.54, 1.807) is 22.9 Å². The zero-order chi connectivity index (χ0) is 16.5. The van der Waals surface area contributed by atoms with Crippen LogP contribution in [0.3, 0.4) is 0 Å². The predicted octanol–water partition coefficient (Wildman–Crippen LogP) is 1.98. The van der Waals surface area contributed by atoms with E-state index < -0.39 is 0 Å². The number of amides is 1. The number of para-hydroxylation sites is 1. The second kappa shape index (κ2) is 6.36. The van der Waals surface area contributed by atoms with E-state index in [0.717, 1.165) is 56.5 Å². The SMILES string of the molecule is O=C(NC1CCCNC1)c1nn(-c2ccccc2F)c2c1CCC2. The van der Waals surface area contributed by atoms with Gasteiger partial charge in [0, 0.05) is 23.8 Å². The lowest BCUT2D eigenvalue weighted by atomic mass is 10.1. The fourth-order valence-electron chi connectivity index (χ4n) is 3.67. The molecule has 5 nitrogen and oxygen atoms in total. The maximum atomic E-state index is 14.2. The van der Waals surface area contributed by atoms with Gasteiger partial charge in [0.05, 0.1) is 0 Å². The first kappa shape index (κ1) is 15.3. The maximum Gasteiger partial charge on any atom is 0.272 e. The van der Waals surface area contributed by atoms with Gasteiger partial charge < -0.3 is 10.6 Å². The molecule has 126 valence electrons. The highest BCUT2D eigenvalue weighted by atomic mass is 19.1. The number of nitrogens with one attached hydrogen (secondary N) is 2. The van der Waals surface area contributed by atoms with Crippen molar-refractivity contribution in [3.63, 3.8) is 0 Å². The highest BCUT2D eigenvalue weighted by molar-refractivity contribution is 5.94. The Balaban J connectivity index is 1.66. The quantitative estimate of drug-likeness (QED) is 0.906. The predicted molar refractivity (Wildman–Crippen MR) is 88.9 cm³/mol. The Kier molecular flexibility index (Phi) is 4.06. The van der Waals surface area contributed by atoms with E-state index in [0.29, 0.717) is 11.4 Å². The van der Waals surface area contributed by atoms with E-state index in [1.165, 1.54) is 6.07 Å². The standard InChI is InChI=1S/C18H21FN4O/c19-14-7-1-2-8-16(14)23-15-9-3-6-13(15)17(22-23)18(24)21-12-5-4-10-20-11-12/h1-2,7-8,12,20H,3-6,9-11H2,(H,21,24). The van der Waals surface area contributed by atoms with Crippen LogP contribution in [-0.2, 0) is 12.8 Å². The summed E-state index contributed by atoms with van der Waals surface area (Å²) in [7, 11) is 0. The molecular weight excluding hydrogens is 307 g/mol. The van der Waals surface area contributed by atoms with Crippen LogP contribution in [0.4, 0.5) is 4.39 Å². The van der Waals surface area contributed by atoms with Gasteiger partial charge in [-0.25, -0.2) is 9.07 Å². The number of fused-ring (bicyclic) bond motifs is 1. The van der Waals surface area contributed by atoms with Gasteiger partial charge in [0.15, 0.2) is 5.69 Å². The molecule has 24 heavy (non-hydrogen) atoms. The summed E-state index contributed by atoms with van der Waals surface area (Å²) >= 11 is 0. The molecule has 1 aliphatic carbocycles. The van der Waals surface area contributed by atoms with Crippen LogP contribution >= 0.6 is 0 Å². The van der Waals surface area contributed by atoms with Gasteiger partial charge in [-0.15, -0.1) is 0 Å². The highest BCUT2D eigenvalue weighted by Crippen LogP contribution is 2.28. The van der Waals surface area contributed by atoms with Crippen LogP contribution in [0.15, 0.2) is 24.3 Å². The zero-order valence-electron chi connectivity index (χ0n) is 13.5. The molecule has 1 aromatic carbocycles. The van der Waals surface area contributed by atoms with Crippen molar-refractivity contribution in [1.29, 1.82) is 0 Å². The Morgan fingerprint density at radius 3 is 2.96 bits per heavy atom. The van der Waals surface area contributed by atoms with E-state index in [1.807, 2.05) is 0 Å². The fraction of sp³-hybridized carbons (Fsp3) is 0.444. The summed E-state index contributed by atoms with van der Waals surface area (Å²) in [5, 5.41) is 10.8. The molecule has 0 radical (unpaired) electrons. The third-order valence-electron chi connectivity index (χ3n) is 4.86. The third-order valence-corrected chi connectivity index (χ3v) is 4.86. The average Bonchev–Trinajstić information content (AvgIpc) is 3.19. The summed E-state index contributed by atoms with van der Waals surface area (Å²) in [4.78, 5) is 12.7. The molecule has 1 atom stereocenters. The minimum atomic E-state index is -0.321. The van der Waals surface area contributed by atoms with E-state index in [9.17, 15) is 9.18 Å². The van der Waals surface area contributed by atoms with Crippen LogP contribution in [0.2, 0.25) is 0 Å². The van der Waals surface area contributed by atoms with Gasteiger partial charge in [-0.2, -0.15) is 5.10 Å².